The summed E-state index contributed by atoms with van der Waals surface area (Å²) < 4.78 is 41.1. The molecular weight excluding hydrogens is 455 g/mol. The molecular formula is C24H25ClF3N3O2. The first-order valence-electron chi connectivity index (χ1n) is 10.6. The molecule has 0 saturated heterocycles. The number of fused-ring (bicyclic) bond motifs is 1. The largest absolute Gasteiger partial charge is 0.573 e. The summed E-state index contributed by atoms with van der Waals surface area (Å²) in [6.07, 6.45) is -1.53. The molecule has 0 unspecified atom stereocenters. The summed E-state index contributed by atoms with van der Waals surface area (Å²) in [5.74, 6) is 0.0345. The third-order valence-electron chi connectivity index (χ3n) is 5.67. The minimum atomic E-state index is -4.79. The number of hydrogen-bond donors (Lipinski definition) is 2. The van der Waals surface area contributed by atoms with E-state index in [1.54, 1.807) is 0 Å². The van der Waals surface area contributed by atoms with Crippen molar-refractivity contribution in [2.24, 2.45) is 0 Å². The molecule has 2 N–H and O–H groups in total. The Kier molecular flexibility index (Phi) is 7.68. The molecule has 0 radical (unpaired) electrons. The number of aryl methyl sites for hydroxylation is 1. The fourth-order valence-electron chi connectivity index (χ4n) is 4.12. The maximum atomic E-state index is 12.5. The van der Waals surface area contributed by atoms with Crippen LogP contribution in [-0.4, -0.2) is 29.3 Å². The number of pyridine rings is 1. The number of para-hydroxylation sites is 1. The van der Waals surface area contributed by atoms with E-state index in [0.29, 0.717) is 0 Å². The van der Waals surface area contributed by atoms with Crippen molar-refractivity contribution in [1.29, 1.82) is 0 Å². The monoisotopic (exact) mass is 479 g/mol. The van der Waals surface area contributed by atoms with Crippen LogP contribution in [0.15, 0.2) is 54.6 Å². The molecule has 0 atom stereocenters. The third-order valence-corrected chi connectivity index (χ3v) is 5.67. The summed E-state index contributed by atoms with van der Waals surface area (Å²) in [5, 5.41) is 7.56. The number of amides is 1. The lowest BCUT2D eigenvalue weighted by Gasteiger charge is -2.30. The van der Waals surface area contributed by atoms with Gasteiger partial charge < -0.3 is 15.4 Å². The van der Waals surface area contributed by atoms with E-state index in [1.807, 2.05) is 24.3 Å². The van der Waals surface area contributed by atoms with Gasteiger partial charge >= 0.3 is 6.36 Å². The van der Waals surface area contributed by atoms with Crippen LogP contribution in [0.3, 0.4) is 0 Å². The van der Waals surface area contributed by atoms with Gasteiger partial charge in [-0.1, -0.05) is 24.3 Å². The van der Waals surface area contributed by atoms with Crippen LogP contribution in [0.25, 0.3) is 10.9 Å². The highest BCUT2D eigenvalue weighted by Crippen LogP contribution is 2.26. The number of anilines is 1. The molecule has 0 aliphatic heterocycles. The summed E-state index contributed by atoms with van der Waals surface area (Å²) in [7, 11) is 0. The first-order chi connectivity index (χ1) is 15.3. The second-order valence-corrected chi connectivity index (χ2v) is 8.08. The average molecular weight is 480 g/mol. The normalized spacial score (nSPS) is 18.3. The number of nitrogens with zero attached hydrogens (tertiary/aromatic N) is 1. The number of aromatic nitrogens is 1. The zero-order valence-corrected chi connectivity index (χ0v) is 18.8. The number of hydrogen-bond acceptors (Lipinski definition) is 4. The Morgan fingerprint density at radius 2 is 1.70 bits per heavy atom. The van der Waals surface area contributed by atoms with E-state index in [9.17, 15) is 18.0 Å². The van der Waals surface area contributed by atoms with Crippen molar-refractivity contribution in [3.8, 4) is 5.75 Å². The summed E-state index contributed by atoms with van der Waals surface area (Å²) in [6, 6.07) is 15.4. The molecule has 1 aliphatic rings. The molecule has 0 bridgehead atoms. The summed E-state index contributed by atoms with van der Waals surface area (Å²) in [4.78, 5) is 17.2. The van der Waals surface area contributed by atoms with Crippen LogP contribution < -0.4 is 15.4 Å². The van der Waals surface area contributed by atoms with Crippen LogP contribution in [0.4, 0.5) is 19.0 Å². The highest BCUT2D eigenvalue weighted by molar-refractivity contribution is 5.94. The highest BCUT2D eigenvalue weighted by Gasteiger charge is 2.31. The summed E-state index contributed by atoms with van der Waals surface area (Å²) >= 11 is 0. The molecule has 176 valence electrons. The number of carbonyl (C=O) groups is 1. The average Bonchev–Trinajstić information content (AvgIpc) is 2.74. The van der Waals surface area contributed by atoms with E-state index < -0.39 is 18.0 Å². The molecule has 1 saturated carbocycles. The number of benzene rings is 2. The lowest BCUT2D eigenvalue weighted by molar-refractivity contribution is -0.274. The number of rotatable bonds is 5. The van der Waals surface area contributed by atoms with E-state index >= 15 is 0 Å². The smallest absolute Gasteiger partial charge is 0.406 e. The molecule has 9 heteroatoms. The van der Waals surface area contributed by atoms with E-state index in [0.717, 1.165) is 54.0 Å². The van der Waals surface area contributed by atoms with Gasteiger partial charge in [0.2, 0.25) is 0 Å². The second-order valence-electron chi connectivity index (χ2n) is 8.08. The van der Waals surface area contributed by atoms with Gasteiger partial charge in [-0.25, -0.2) is 4.98 Å². The molecule has 1 fully saturated rings. The maximum absolute atomic E-state index is 12.5. The third kappa shape index (κ3) is 6.51. The van der Waals surface area contributed by atoms with Gasteiger partial charge in [0, 0.05) is 23.0 Å². The molecule has 5 nitrogen and oxygen atoms in total. The van der Waals surface area contributed by atoms with Crippen molar-refractivity contribution in [2.45, 2.75) is 51.1 Å². The Morgan fingerprint density at radius 1 is 1.00 bits per heavy atom. The van der Waals surface area contributed by atoms with Crippen LogP contribution in [0.1, 0.15) is 41.6 Å². The van der Waals surface area contributed by atoms with Crippen molar-refractivity contribution in [3.05, 3.63) is 65.7 Å². The van der Waals surface area contributed by atoms with Crippen LogP contribution in [0.2, 0.25) is 0 Å². The molecule has 1 amide bonds. The molecule has 0 spiro atoms. The minimum absolute atomic E-state index is 0. The number of nitrogens with one attached hydrogen (secondary N) is 2. The van der Waals surface area contributed by atoms with Gasteiger partial charge in [0.05, 0.1) is 5.52 Å². The highest BCUT2D eigenvalue weighted by atomic mass is 35.5. The van der Waals surface area contributed by atoms with Gasteiger partial charge in [0.15, 0.2) is 0 Å². The number of ether oxygens (including phenoxy) is 1. The van der Waals surface area contributed by atoms with Crippen molar-refractivity contribution < 1.29 is 22.7 Å². The quantitative estimate of drug-likeness (QED) is 0.470. The van der Waals surface area contributed by atoms with Crippen LogP contribution in [-0.2, 0) is 0 Å². The SMILES string of the molecule is Cc1cc(N[C@H]2CC[C@@H](NC(=O)c3cccc(OC(F)(F)F)c3)CC2)nc2ccccc12.Cl. The predicted molar refractivity (Wildman–Crippen MR) is 124 cm³/mol. The van der Waals surface area contributed by atoms with E-state index in [1.165, 1.54) is 18.2 Å². The standard InChI is InChI=1S/C24H24F3N3O2.ClH/c1-15-13-22(30-21-8-3-2-7-20(15)21)28-17-9-11-18(12-10-17)29-23(31)16-5-4-6-19(14-16)32-24(25,26)27;/h2-8,13-14,17-18H,9-12H2,1H3,(H,28,30)(H,29,31);1H/t17-,18+;. The Hall–Kier alpha value is -3.00. The number of halogens is 4. The number of carbonyl (C=O) groups excluding carboxylic acids is 1. The first kappa shape index (κ1) is 24.6. The molecule has 2 aromatic carbocycles. The number of alkyl halides is 3. The lowest BCUT2D eigenvalue weighted by Crippen LogP contribution is -2.40. The van der Waals surface area contributed by atoms with Gasteiger partial charge in [-0.15, -0.1) is 25.6 Å². The second kappa shape index (κ2) is 10.3. The summed E-state index contributed by atoms with van der Waals surface area (Å²) in [5.41, 5.74) is 2.26. The lowest BCUT2D eigenvalue weighted by atomic mass is 9.91. The van der Waals surface area contributed by atoms with Crippen molar-refractivity contribution in [2.75, 3.05) is 5.32 Å². The van der Waals surface area contributed by atoms with Crippen LogP contribution in [0.5, 0.6) is 5.75 Å². The maximum Gasteiger partial charge on any atom is 0.573 e. The zero-order valence-electron chi connectivity index (χ0n) is 18.0. The van der Waals surface area contributed by atoms with Crippen molar-refractivity contribution >= 4 is 35.0 Å². The fourth-order valence-corrected chi connectivity index (χ4v) is 4.12. The summed E-state index contributed by atoms with van der Waals surface area (Å²) in [6.45, 7) is 2.07. The molecule has 1 aromatic heterocycles. The van der Waals surface area contributed by atoms with Gasteiger partial charge in [-0.3, -0.25) is 4.79 Å². The molecule has 1 heterocycles. The topological polar surface area (TPSA) is 63.2 Å². The van der Waals surface area contributed by atoms with Gasteiger partial charge in [0.25, 0.3) is 5.91 Å². The van der Waals surface area contributed by atoms with Crippen molar-refractivity contribution in [3.63, 3.8) is 0 Å². The van der Waals surface area contributed by atoms with E-state index in [-0.39, 0.29) is 30.1 Å². The Morgan fingerprint density at radius 3 is 2.42 bits per heavy atom. The first-order valence-corrected chi connectivity index (χ1v) is 10.6. The molecule has 33 heavy (non-hydrogen) atoms. The molecule has 3 aromatic rings. The van der Waals surface area contributed by atoms with E-state index in [4.69, 9.17) is 4.98 Å². The predicted octanol–water partition coefficient (Wildman–Crippen LogP) is 6.02. The molecule has 1 aliphatic carbocycles. The van der Waals surface area contributed by atoms with Gasteiger partial charge in [-0.2, -0.15) is 0 Å². The van der Waals surface area contributed by atoms with Gasteiger partial charge in [0.1, 0.15) is 11.6 Å². The van der Waals surface area contributed by atoms with Gasteiger partial charge in [-0.05, 0) is 68.5 Å². The Labute approximate surface area is 196 Å². The van der Waals surface area contributed by atoms with Crippen LogP contribution in [0, 0.1) is 6.92 Å². The van der Waals surface area contributed by atoms with Crippen molar-refractivity contribution in [1.82, 2.24) is 10.3 Å². The van der Waals surface area contributed by atoms with Crippen LogP contribution >= 0.6 is 12.4 Å². The Bertz CT molecular complexity index is 1120. The zero-order chi connectivity index (χ0) is 22.7. The Balaban J connectivity index is 0.00000306. The van der Waals surface area contributed by atoms with E-state index in [2.05, 4.69) is 28.4 Å². The fraction of sp³-hybridized carbons (Fsp3) is 0.333. The minimum Gasteiger partial charge on any atom is -0.406 e. The molecule has 4 rings (SSSR count).